The molecule has 0 aliphatic heterocycles. The van der Waals surface area contributed by atoms with Crippen LogP contribution in [-0.2, 0) is 6.61 Å². The Morgan fingerprint density at radius 3 is 2.70 bits per heavy atom. The summed E-state index contributed by atoms with van der Waals surface area (Å²) in [4.78, 5) is 3.81. The van der Waals surface area contributed by atoms with E-state index in [1.165, 1.54) is 6.20 Å². The summed E-state index contributed by atoms with van der Waals surface area (Å²) < 4.78 is 0.745. The van der Waals surface area contributed by atoms with E-state index in [1.54, 1.807) is 6.20 Å². The molecule has 0 saturated heterocycles. The number of rotatable bonds is 1. The number of nitrogens with zero attached hydrogens (tertiary/aromatic N) is 1. The summed E-state index contributed by atoms with van der Waals surface area (Å²) in [6.07, 6.45) is 3.11. The molecule has 1 aromatic heterocycles. The highest BCUT2D eigenvalue weighted by atomic mass is 79.9. The largest absolute Gasteiger partial charge is 0.397 e. The predicted molar refractivity (Wildman–Crippen MR) is 42.3 cm³/mol. The van der Waals surface area contributed by atoms with E-state index in [0.29, 0.717) is 11.3 Å². The standard InChI is InChI=1S/C6H7BrN2O/c7-5-1-9-2-6(8)4(5)3-10/h1-2,10H,3,8H2. The Kier molecular flexibility index (Phi) is 2.24. The third-order valence-electron chi connectivity index (χ3n) is 1.20. The van der Waals surface area contributed by atoms with Gasteiger partial charge in [-0.05, 0) is 15.9 Å². The lowest BCUT2D eigenvalue weighted by atomic mass is 10.2. The van der Waals surface area contributed by atoms with Crippen LogP contribution < -0.4 is 5.73 Å². The third kappa shape index (κ3) is 1.27. The van der Waals surface area contributed by atoms with Gasteiger partial charge in [-0.15, -0.1) is 0 Å². The molecule has 3 nitrogen and oxygen atoms in total. The van der Waals surface area contributed by atoms with E-state index in [2.05, 4.69) is 20.9 Å². The first-order valence-electron chi connectivity index (χ1n) is 2.74. The van der Waals surface area contributed by atoms with Gasteiger partial charge in [0.2, 0.25) is 0 Å². The second-order valence-electron chi connectivity index (χ2n) is 1.85. The zero-order valence-corrected chi connectivity index (χ0v) is 6.80. The fraction of sp³-hybridized carbons (Fsp3) is 0.167. The summed E-state index contributed by atoms with van der Waals surface area (Å²) in [5.41, 5.74) is 6.68. The first-order chi connectivity index (χ1) is 4.75. The smallest absolute Gasteiger partial charge is 0.0714 e. The van der Waals surface area contributed by atoms with Crippen molar-refractivity contribution in [3.8, 4) is 0 Å². The van der Waals surface area contributed by atoms with Crippen molar-refractivity contribution in [1.82, 2.24) is 4.98 Å². The molecule has 4 heteroatoms. The third-order valence-corrected chi connectivity index (χ3v) is 1.88. The molecule has 0 atom stereocenters. The Morgan fingerprint density at radius 2 is 2.30 bits per heavy atom. The zero-order valence-electron chi connectivity index (χ0n) is 5.21. The maximum Gasteiger partial charge on any atom is 0.0714 e. The molecule has 0 amide bonds. The maximum atomic E-state index is 8.76. The molecule has 10 heavy (non-hydrogen) atoms. The molecule has 0 spiro atoms. The van der Waals surface area contributed by atoms with E-state index in [9.17, 15) is 0 Å². The van der Waals surface area contributed by atoms with E-state index in [0.717, 1.165) is 4.47 Å². The maximum absolute atomic E-state index is 8.76. The number of pyridine rings is 1. The number of nitrogens with two attached hydrogens (primary N) is 1. The topological polar surface area (TPSA) is 59.1 Å². The van der Waals surface area contributed by atoms with Crippen LogP contribution in [0.25, 0.3) is 0 Å². The fourth-order valence-electron chi connectivity index (χ4n) is 0.644. The number of aromatic nitrogens is 1. The average Bonchev–Trinajstić information content (AvgIpc) is 1.88. The number of halogens is 1. The van der Waals surface area contributed by atoms with E-state index >= 15 is 0 Å². The minimum absolute atomic E-state index is 0.0606. The van der Waals surface area contributed by atoms with Crippen LogP contribution in [0.2, 0.25) is 0 Å². The number of aliphatic hydroxyl groups excluding tert-OH is 1. The van der Waals surface area contributed by atoms with Crippen molar-refractivity contribution >= 4 is 21.6 Å². The van der Waals surface area contributed by atoms with Gasteiger partial charge >= 0.3 is 0 Å². The molecule has 0 saturated carbocycles. The molecule has 0 aliphatic carbocycles. The van der Waals surface area contributed by atoms with Crippen LogP contribution >= 0.6 is 15.9 Å². The van der Waals surface area contributed by atoms with Crippen molar-refractivity contribution in [2.24, 2.45) is 0 Å². The Bertz CT molecular complexity index is 219. The lowest BCUT2D eigenvalue weighted by Gasteiger charge is -2.01. The summed E-state index contributed by atoms with van der Waals surface area (Å²) in [5, 5.41) is 8.76. The molecule has 0 aliphatic rings. The average molecular weight is 203 g/mol. The van der Waals surface area contributed by atoms with E-state index in [-0.39, 0.29) is 6.61 Å². The number of hydrogen-bond donors (Lipinski definition) is 2. The Morgan fingerprint density at radius 1 is 1.60 bits per heavy atom. The van der Waals surface area contributed by atoms with Crippen LogP contribution in [-0.4, -0.2) is 10.1 Å². The number of anilines is 1. The van der Waals surface area contributed by atoms with Crippen molar-refractivity contribution < 1.29 is 5.11 Å². The summed E-state index contributed by atoms with van der Waals surface area (Å²) in [6.45, 7) is -0.0606. The van der Waals surface area contributed by atoms with Crippen LogP contribution in [0.3, 0.4) is 0 Å². The van der Waals surface area contributed by atoms with Gasteiger partial charge in [0.05, 0.1) is 18.5 Å². The Labute approximate surface area is 67.0 Å². The predicted octanol–water partition coefficient (Wildman–Crippen LogP) is 0.919. The van der Waals surface area contributed by atoms with E-state index in [4.69, 9.17) is 10.8 Å². The lowest BCUT2D eigenvalue weighted by Crippen LogP contribution is -1.95. The molecule has 3 N–H and O–H groups in total. The van der Waals surface area contributed by atoms with Gasteiger partial charge in [0.1, 0.15) is 0 Å². The van der Waals surface area contributed by atoms with Gasteiger partial charge in [-0.3, -0.25) is 4.98 Å². The normalized spacial score (nSPS) is 9.80. The molecule has 0 bridgehead atoms. The molecule has 0 radical (unpaired) electrons. The zero-order chi connectivity index (χ0) is 7.56. The van der Waals surface area contributed by atoms with Gasteiger partial charge in [0.15, 0.2) is 0 Å². The van der Waals surface area contributed by atoms with E-state index in [1.807, 2.05) is 0 Å². The van der Waals surface area contributed by atoms with Crippen LogP contribution in [0, 0.1) is 0 Å². The Hall–Kier alpha value is -0.610. The molecule has 1 rings (SSSR count). The van der Waals surface area contributed by atoms with Gasteiger partial charge in [-0.1, -0.05) is 0 Å². The molecule has 0 fully saturated rings. The highest BCUT2D eigenvalue weighted by molar-refractivity contribution is 9.10. The number of aliphatic hydroxyl groups is 1. The van der Waals surface area contributed by atoms with Crippen LogP contribution in [0.15, 0.2) is 16.9 Å². The van der Waals surface area contributed by atoms with Crippen LogP contribution in [0.1, 0.15) is 5.56 Å². The summed E-state index contributed by atoms with van der Waals surface area (Å²) >= 11 is 3.20. The summed E-state index contributed by atoms with van der Waals surface area (Å²) in [6, 6.07) is 0. The summed E-state index contributed by atoms with van der Waals surface area (Å²) in [7, 11) is 0. The van der Waals surface area contributed by atoms with Crippen molar-refractivity contribution in [2.75, 3.05) is 5.73 Å². The van der Waals surface area contributed by atoms with Gasteiger partial charge in [0, 0.05) is 16.2 Å². The monoisotopic (exact) mass is 202 g/mol. The second-order valence-corrected chi connectivity index (χ2v) is 2.70. The first-order valence-corrected chi connectivity index (χ1v) is 3.53. The quantitative estimate of drug-likeness (QED) is 0.713. The molecule has 0 unspecified atom stereocenters. The van der Waals surface area contributed by atoms with Crippen molar-refractivity contribution in [3.05, 3.63) is 22.4 Å². The van der Waals surface area contributed by atoms with Crippen molar-refractivity contribution in [1.29, 1.82) is 0 Å². The highest BCUT2D eigenvalue weighted by Crippen LogP contribution is 2.20. The van der Waals surface area contributed by atoms with Gasteiger partial charge in [-0.2, -0.15) is 0 Å². The highest BCUT2D eigenvalue weighted by Gasteiger charge is 2.01. The van der Waals surface area contributed by atoms with Gasteiger partial charge in [0.25, 0.3) is 0 Å². The molecule has 1 heterocycles. The van der Waals surface area contributed by atoms with Crippen LogP contribution in [0.4, 0.5) is 5.69 Å². The van der Waals surface area contributed by atoms with Gasteiger partial charge in [-0.25, -0.2) is 0 Å². The minimum Gasteiger partial charge on any atom is -0.397 e. The summed E-state index contributed by atoms with van der Waals surface area (Å²) in [5.74, 6) is 0. The molecular formula is C6H7BrN2O. The lowest BCUT2D eigenvalue weighted by molar-refractivity contribution is 0.281. The first kappa shape index (κ1) is 7.50. The number of hydrogen-bond acceptors (Lipinski definition) is 3. The Balaban J connectivity index is 3.17. The molecule has 1 aromatic rings. The molecule has 0 aromatic carbocycles. The van der Waals surface area contributed by atoms with Crippen molar-refractivity contribution in [3.63, 3.8) is 0 Å². The minimum atomic E-state index is -0.0606. The van der Waals surface area contributed by atoms with Crippen LogP contribution in [0.5, 0.6) is 0 Å². The fourth-order valence-corrected chi connectivity index (χ4v) is 1.12. The van der Waals surface area contributed by atoms with E-state index < -0.39 is 0 Å². The van der Waals surface area contributed by atoms with Crippen molar-refractivity contribution in [2.45, 2.75) is 6.61 Å². The molecular weight excluding hydrogens is 196 g/mol. The second kappa shape index (κ2) is 2.98. The molecule has 54 valence electrons. The van der Waals surface area contributed by atoms with Gasteiger partial charge < -0.3 is 10.8 Å². The SMILES string of the molecule is Nc1cncc(Br)c1CO. The number of nitrogen functional groups attached to an aromatic ring is 1.